The van der Waals surface area contributed by atoms with Crippen LogP contribution < -0.4 is 9.80 Å². The number of anilines is 2. The number of pyridine rings is 1. The van der Waals surface area contributed by atoms with Gasteiger partial charge in [0.15, 0.2) is 0 Å². The van der Waals surface area contributed by atoms with Crippen LogP contribution in [0, 0.1) is 0 Å². The molecule has 34 heavy (non-hydrogen) atoms. The van der Waals surface area contributed by atoms with E-state index in [1.165, 1.54) is 18.3 Å². The average molecular weight is 483 g/mol. The largest absolute Gasteiger partial charge is 0.480 e. The predicted molar refractivity (Wildman–Crippen MR) is 123 cm³/mol. The molecule has 176 valence electrons. The Labute approximate surface area is 195 Å². The Bertz CT molecular complexity index is 1360. The first kappa shape index (κ1) is 22.2. The summed E-state index contributed by atoms with van der Waals surface area (Å²) in [5.74, 6) is -0.766. The molecule has 2 aliphatic rings. The SMILES string of the molecule is O=C(O)[C@H]1CN(c2cnc3cnccc3n2)CCN1S(=O)(=O)c1ccc(N2CCCC2=O)cc1. The molecule has 2 saturated heterocycles. The van der Waals surface area contributed by atoms with Gasteiger partial charge in [-0.2, -0.15) is 4.31 Å². The number of piperazine rings is 1. The lowest BCUT2D eigenvalue weighted by molar-refractivity contribution is -0.141. The lowest BCUT2D eigenvalue weighted by Crippen LogP contribution is -2.58. The lowest BCUT2D eigenvalue weighted by atomic mass is 10.2. The van der Waals surface area contributed by atoms with Crippen LogP contribution >= 0.6 is 0 Å². The van der Waals surface area contributed by atoms with Gasteiger partial charge in [-0.25, -0.2) is 18.4 Å². The maximum Gasteiger partial charge on any atom is 0.323 e. The molecule has 1 N–H and O–H groups in total. The molecule has 0 radical (unpaired) electrons. The number of carboxylic acids is 1. The number of hydrogen-bond acceptors (Lipinski definition) is 8. The molecule has 11 nitrogen and oxygen atoms in total. The summed E-state index contributed by atoms with van der Waals surface area (Å²) in [5, 5.41) is 9.85. The summed E-state index contributed by atoms with van der Waals surface area (Å²) in [5.41, 5.74) is 1.86. The number of benzene rings is 1. The molecule has 3 aromatic rings. The van der Waals surface area contributed by atoms with E-state index in [1.807, 2.05) is 0 Å². The maximum absolute atomic E-state index is 13.3. The number of fused-ring (bicyclic) bond motifs is 1. The second kappa shape index (κ2) is 8.61. The molecular weight excluding hydrogens is 460 g/mol. The molecule has 4 heterocycles. The number of sulfonamides is 1. The second-order valence-electron chi connectivity index (χ2n) is 8.15. The van der Waals surface area contributed by atoms with E-state index in [-0.39, 0.29) is 30.4 Å². The molecule has 0 spiro atoms. The molecule has 12 heteroatoms. The van der Waals surface area contributed by atoms with Crippen LogP contribution in [0.3, 0.4) is 0 Å². The standard InChI is InChI=1S/C22H22N6O5S/c29-21-2-1-9-27(21)15-3-5-16(6-4-15)34(32,33)28-11-10-26(14-19(28)22(30)31)20-13-24-18-12-23-8-7-17(18)25-20/h3-8,12-13,19H,1-2,9-11,14H2,(H,30,31)/t19-/m1/s1. The van der Waals surface area contributed by atoms with E-state index in [2.05, 4.69) is 15.0 Å². The number of hydrogen-bond donors (Lipinski definition) is 1. The smallest absolute Gasteiger partial charge is 0.323 e. The van der Waals surface area contributed by atoms with E-state index < -0.39 is 22.0 Å². The first-order valence-corrected chi connectivity index (χ1v) is 12.3. The second-order valence-corrected chi connectivity index (χ2v) is 10.0. The van der Waals surface area contributed by atoms with Gasteiger partial charge in [0.2, 0.25) is 15.9 Å². The number of aromatic nitrogens is 3. The fourth-order valence-corrected chi connectivity index (χ4v) is 5.89. The highest BCUT2D eigenvalue weighted by Gasteiger charge is 2.40. The van der Waals surface area contributed by atoms with Gasteiger partial charge < -0.3 is 14.9 Å². The van der Waals surface area contributed by atoms with Gasteiger partial charge in [-0.05, 0) is 36.8 Å². The molecule has 5 rings (SSSR count). The van der Waals surface area contributed by atoms with Gasteiger partial charge in [0, 0.05) is 44.5 Å². The molecule has 2 aromatic heterocycles. The highest BCUT2D eigenvalue weighted by molar-refractivity contribution is 7.89. The van der Waals surface area contributed by atoms with Crippen LogP contribution in [0.25, 0.3) is 11.0 Å². The highest BCUT2D eigenvalue weighted by Crippen LogP contribution is 2.27. The zero-order valence-electron chi connectivity index (χ0n) is 18.1. The number of carboxylic acid groups (broad SMARTS) is 1. The van der Waals surface area contributed by atoms with E-state index in [9.17, 15) is 23.1 Å². The Kier molecular flexibility index (Phi) is 5.62. The van der Waals surface area contributed by atoms with Gasteiger partial charge in [-0.3, -0.25) is 14.6 Å². The van der Waals surface area contributed by atoms with Crippen molar-refractivity contribution in [3.05, 3.63) is 48.9 Å². The zero-order valence-corrected chi connectivity index (χ0v) is 18.9. The van der Waals surface area contributed by atoms with Gasteiger partial charge >= 0.3 is 5.97 Å². The van der Waals surface area contributed by atoms with Crippen molar-refractivity contribution in [1.29, 1.82) is 0 Å². The quantitative estimate of drug-likeness (QED) is 0.567. The number of rotatable bonds is 5. The Morgan fingerprint density at radius 3 is 2.53 bits per heavy atom. The van der Waals surface area contributed by atoms with Gasteiger partial charge in [0.1, 0.15) is 17.4 Å². The van der Waals surface area contributed by atoms with Gasteiger partial charge in [0.25, 0.3) is 0 Å². The predicted octanol–water partition coefficient (Wildman–Crippen LogP) is 1.12. The van der Waals surface area contributed by atoms with Crippen molar-refractivity contribution >= 4 is 44.4 Å². The molecule has 1 aromatic carbocycles. The van der Waals surface area contributed by atoms with Crippen LogP contribution in [0.15, 0.2) is 53.8 Å². The van der Waals surface area contributed by atoms with Crippen molar-refractivity contribution in [3.63, 3.8) is 0 Å². The van der Waals surface area contributed by atoms with E-state index in [0.717, 1.165) is 10.7 Å². The van der Waals surface area contributed by atoms with Crippen LogP contribution in [0.4, 0.5) is 11.5 Å². The Hall–Kier alpha value is -3.64. The molecule has 0 bridgehead atoms. The molecule has 0 saturated carbocycles. The van der Waals surface area contributed by atoms with Crippen molar-refractivity contribution in [2.75, 3.05) is 36.0 Å². The van der Waals surface area contributed by atoms with E-state index in [1.54, 1.807) is 40.4 Å². The number of nitrogens with zero attached hydrogens (tertiary/aromatic N) is 6. The highest BCUT2D eigenvalue weighted by atomic mass is 32.2. The molecule has 1 atom stereocenters. The normalized spacial score (nSPS) is 19.6. The third kappa shape index (κ3) is 3.94. The molecule has 0 unspecified atom stereocenters. The van der Waals surface area contributed by atoms with Gasteiger partial charge in [-0.15, -0.1) is 0 Å². The molecular formula is C22H22N6O5S. The fourth-order valence-electron chi connectivity index (χ4n) is 4.32. The van der Waals surface area contributed by atoms with Crippen molar-refractivity contribution in [3.8, 4) is 0 Å². The number of carbonyl (C=O) groups excluding carboxylic acids is 1. The van der Waals surface area contributed by atoms with E-state index in [4.69, 9.17) is 0 Å². The van der Waals surface area contributed by atoms with Crippen LogP contribution in [0.2, 0.25) is 0 Å². The van der Waals surface area contributed by atoms with Crippen molar-refractivity contribution in [2.45, 2.75) is 23.8 Å². The summed E-state index contributed by atoms with van der Waals surface area (Å²) >= 11 is 0. The van der Waals surface area contributed by atoms with E-state index in [0.29, 0.717) is 35.5 Å². The molecule has 2 fully saturated rings. The summed E-state index contributed by atoms with van der Waals surface area (Å²) < 4.78 is 27.7. The summed E-state index contributed by atoms with van der Waals surface area (Å²) in [6.45, 7) is 0.763. The monoisotopic (exact) mass is 482 g/mol. The average Bonchev–Trinajstić information content (AvgIpc) is 3.29. The molecule has 0 aliphatic carbocycles. The summed E-state index contributed by atoms with van der Waals surface area (Å²) in [6.07, 6.45) is 5.95. The van der Waals surface area contributed by atoms with Crippen molar-refractivity contribution in [2.24, 2.45) is 0 Å². The number of amides is 1. The first-order chi connectivity index (χ1) is 16.3. The van der Waals surface area contributed by atoms with Crippen LogP contribution in [0.5, 0.6) is 0 Å². The van der Waals surface area contributed by atoms with Crippen LogP contribution in [-0.4, -0.2) is 76.9 Å². The first-order valence-electron chi connectivity index (χ1n) is 10.8. The summed E-state index contributed by atoms with van der Waals surface area (Å²) in [7, 11) is -4.07. The number of aliphatic carboxylic acids is 1. The van der Waals surface area contributed by atoms with Crippen molar-refractivity contribution in [1.82, 2.24) is 19.3 Å². The minimum atomic E-state index is -4.07. The lowest BCUT2D eigenvalue weighted by Gasteiger charge is -2.38. The minimum absolute atomic E-state index is 0.00530. The topological polar surface area (TPSA) is 137 Å². The molecule has 2 aliphatic heterocycles. The number of carbonyl (C=O) groups is 2. The molecule has 1 amide bonds. The van der Waals surface area contributed by atoms with Gasteiger partial charge in [-0.1, -0.05) is 0 Å². The Balaban J connectivity index is 1.38. The summed E-state index contributed by atoms with van der Waals surface area (Å²) in [4.78, 5) is 40.2. The Morgan fingerprint density at radius 1 is 1.03 bits per heavy atom. The summed E-state index contributed by atoms with van der Waals surface area (Å²) in [6, 6.07) is 6.42. The third-order valence-corrected chi connectivity index (χ3v) is 8.02. The van der Waals surface area contributed by atoms with Gasteiger partial charge in [0.05, 0.1) is 22.8 Å². The zero-order chi connectivity index (χ0) is 23.9. The van der Waals surface area contributed by atoms with Crippen LogP contribution in [0.1, 0.15) is 12.8 Å². The Morgan fingerprint density at radius 2 is 1.82 bits per heavy atom. The van der Waals surface area contributed by atoms with Crippen molar-refractivity contribution < 1.29 is 23.1 Å². The maximum atomic E-state index is 13.3. The fraction of sp³-hybridized carbons (Fsp3) is 0.318. The minimum Gasteiger partial charge on any atom is -0.480 e. The van der Waals surface area contributed by atoms with E-state index >= 15 is 0 Å². The van der Waals surface area contributed by atoms with Crippen LogP contribution in [-0.2, 0) is 19.6 Å². The third-order valence-electron chi connectivity index (χ3n) is 6.10.